The van der Waals surface area contributed by atoms with Crippen LogP contribution in [0.3, 0.4) is 0 Å². The van der Waals surface area contributed by atoms with Crippen LogP contribution >= 0.6 is 0 Å². The average Bonchev–Trinajstić information content (AvgIpc) is 2.74. The van der Waals surface area contributed by atoms with Crippen molar-refractivity contribution in [2.45, 2.75) is 0 Å². The molecule has 3 aromatic rings. The highest BCUT2D eigenvalue weighted by Gasteiger charge is 2.11. The van der Waals surface area contributed by atoms with Crippen LogP contribution in [0.5, 0.6) is 5.75 Å². The number of benzene rings is 3. The molecular formula is C21H15N3O5. The number of carbonyl (C=O) groups excluding carboxylic acids is 2. The Bertz CT molecular complexity index is 1080. The SMILES string of the molecule is O=C(NN=Cc1cccc(OC(=O)c2ccccc2)c1)c1cccc([N+](=O)[O-])c1. The third kappa shape index (κ3) is 5.33. The van der Waals surface area contributed by atoms with Gasteiger partial charge in [0.15, 0.2) is 0 Å². The van der Waals surface area contributed by atoms with Crippen molar-refractivity contribution < 1.29 is 19.2 Å². The standard InChI is InChI=1S/C21H15N3O5/c25-20(17-9-5-10-18(13-17)24(27)28)23-22-14-15-6-4-11-19(12-15)29-21(26)16-7-2-1-3-8-16/h1-14H,(H,23,25). The van der Waals surface area contributed by atoms with Crippen molar-refractivity contribution in [1.82, 2.24) is 5.43 Å². The van der Waals surface area contributed by atoms with Gasteiger partial charge in [-0.15, -0.1) is 0 Å². The molecule has 1 N–H and O–H groups in total. The van der Waals surface area contributed by atoms with Gasteiger partial charge in [0.2, 0.25) is 0 Å². The van der Waals surface area contributed by atoms with Crippen molar-refractivity contribution in [2.75, 3.05) is 0 Å². The lowest BCUT2D eigenvalue weighted by atomic mass is 10.2. The maximum Gasteiger partial charge on any atom is 0.343 e. The smallest absolute Gasteiger partial charge is 0.343 e. The molecule has 3 rings (SSSR count). The zero-order chi connectivity index (χ0) is 20.6. The highest BCUT2D eigenvalue weighted by molar-refractivity contribution is 5.95. The zero-order valence-corrected chi connectivity index (χ0v) is 15.0. The van der Waals surface area contributed by atoms with Crippen molar-refractivity contribution in [2.24, 2.45) is 5.10 Å². The number of nitro groups is 1. The summed E-state index contributed by atoms with van der Waals surface area (Å²) in [5, 5.41) is 14.6. The maximum absolute atomic E-state index is 12.1. The van der Waals surface area contributed by atoms with E-state index >= 15 is 0 Å². The van der Waals surface area contributed by atoms with Crippen LogP contribution in [-0.4, -0.2) is 23.0 Å². The maximum atomic E-state index is 12.1. The summed E-state index contributed by atoms with van der Waals surface area (Å²) in [5.74, 6) is -0.747. The van der Waals surface area contributed by atoms with Gasteiger partial charge >= 0.3 is 5.97 Å². The number of hydrazone groups is 1. The van der Waals surface area contributed by atoms with E-state index in [1.54, 1.807) is 54.6 Å². The molecule has 0 unspecified atom stereocenters. The van der Waals surface area contributed by atoms with E-state index in [2.05, 4.69) is 10.5 Å². The number of nitro benzene ring substituents is 1. The molecule has 29 heavy (non-hydrogen) atoms. The third-order valence-electron chi connectivity index (χ3n) is 3.78. The number of non-ortho nitro benzene ring substituents is 1. The van der Waals surface area contributed by atoms with Crippen molar-refractivity contribution in [1.29, 1.82) is 0 Å². The number of rotatable bonds is 6. The van der Waals surface area contributed by atoms with Crippen LogP contribution in [0.15, 0.2) is 84.0 Å². The molecule has 0 aliphatic heterocycles. The lowest BCUT2D eigenvalue weighted by Crippen LogP contribution is -2.17. The Labute approximate surface area is 165 Å². The molecule has 1 amide bonds. The first kappa shape index (κ1) is 19.4. The van der Waals surface area contributed by atoms with E-state index in [1.807, 2.05) is 0 Å². The van der Waals surface area contributed by atoms with E-state index in [9.17, 15) is 19.7 Å². The topological polar surface area (TPSA) is 111 Å². The number of nitrogens with one attached hydrogen (secondary N) is 1. The molecule has 0 bridgehead atoms. The molecule has 0 saturated heterocycles. The Morgan fingerprint density at radius 1 is 0.931 bits per heavy atom. The number of hydrogen-bond acceptors (Lipinski definition) is 6. The number of nitrogens with zero attached hydrogens (tertiary/aromatic N) is 2. The van der Waals surface area contributed by atoms with Crippen LogP contribution in [-0.2, 0) is 0 Å². The second-order valence-corrected chi connectivity index (χ2v) is 5.83. The van der Waals surface area contributed by atoms with E-state index in [0.717, 1.165) is 6.07 Å². The predicted octanol–water partition coefficient (Wildman–Crippen LogP) is 3.58. The molecule has 0 aliphatic rings. The minimum absolute atomic E-state index is 0.113. The van der Waals surface area contributed by atoms with Gasteiger partial charge in [-0.2, -0.15) is 5.10 Å². The Kier molecular flexibility index (Phi) is 6.06. The monoisotopic (exact) mass is 389 g/mol. The Morgan fingerprint density at radius 3 is 2.41 bits per heavy atom. The fraction of sp³-hybridized carbons (Fsp3) is 0. The molecule has 8 heteroatoms. The van der Waals surface area contributed by atoms with Crippen molar-refractivity contribution in [3.05, 3.63) is 106 Å². The molecule has 3 aromatic carbocycles. The van der Waals surface area contributed by atoms with Crippen molar-refractivity contribution in [3.63, 3.8) is 0 Å². The normalized spacial score (nSPS) is 10.5. The molecular weight excluding hydrogens is 374 g/mol. The molecule has 0 aromatic heterocycles. The lowest BCUT2D eigenvalue weighted by Gasteiger charge is -2.05. The number of esters is 1. The summed E-state index contributed by atoms with van der Waals surface area (Å²) < 4.78 is 5.32. The van der Waals surface area contributed by atoms with E-state index in [-0.39, 0.29) is 11.3 Å². The van der Waals surface area contributed by atoms with E-state index < -0.39 is 16.8 Å². The summed E-state index contributed by atoms with van der Waals surface area (Å²) in [6, 6.07) is 20.5. The van der Waals surface area contributed by atoms with E-state index in [4.69, 9.17) is 4.74 Å². The van der Waals surface area contributed by atoms with Crippen LogP contribution in [0.4, 0.5) is 5.69 Å². The van der Waals surface area contributed by atoms with E-state index in [0.29, 0.717) is 16.9 Å². The molecule has 0 spiro atoms. The molecule has 0 saturated carbocycles. The molecule has 0 atom stereocenters. The zero-order valence-electron chi connectivity index (χ0n) is 15.0. The quantitative estimate of drug-likeness (QED) is 0.228. The summed E-state index contributed by atoms with van der Waals surface area (Å²) >= 11 is 0. The first-order chi connectivity index (χ1) is 14.0. The van der Waals surface area contributed by atoms with Gasteiger partial charge in [-0.1, -0.05) is 36.4 Å². The average molecular weight is 389 g/mol. The summed E-state index contributed by atoms with van der Waals surface area (Å²) in [6.07, 6.45) is 1.37. The summed E-state index contributed by atoms with van der Waals surface area (Å²) in [6.45, 7) is 0. The molecule has 0 fully saturated rings. The number of ether oxygens (including phenoxy) is 1. The van der Waals surface area contributed by atoms with Crippen LogP contribution in [0.2, 0.25) is 0 Å². The van der Waals surface area contributed by atoms with Gasteiger partial charge in [0.05, 0.1) is 16.7 Å². The van der Waals surface area contributed by atoms with Gasteiger partial charge in [-0.3, -0.25) is 14.9 Å². The number of amides is 1. The molecule has 0 aliphatic carbocycles. The van der Waals surface area contributed by atoms with Gasteiger partial charge in [-0.05, 0) is 35.9 Å². The largest absolute Gasteiger partial charge is 0.423 e. The van der Waals surface area contributed by atoms with Gasteiger partial charge in [0.25, 0.3) is 11.6 Å². The lowest BCUT2D eigenvalue weighted by molar-refractivity contribution is -0.384. The highest BCUT2D eigenvalue weighted by Crippen LogP contribution is 2.15. The van der Waals surface area contributed by atoms with E-state index in [1.165, 1.54) is 24.4 Å². The Balaban J connectivity index is 1.63. The minimum Gasteiger partial charge on any atom is -0.423 e. The Hall–Kier alpha value is -4.33. The fourth-order valence-electron chi connectivity index (χ4n) is 2.39. The molecule has 144 valence electrons. The van der Waals surface area contributed by atoms with Gasteiger partial charge in [0, 0.05) is 17.7 Å². The first-order valence-electron chi connectivity index (χ1n) is 8.48. The van der Waals surface area contributed by atoms with Gasteiger partial charge < -0.3 is 4.74 Å². The minimum atomic E-state index is -0.586. The van der Waals surface area contributed by atoms with Gasteiger partial charge in [-0.25, -0.2) is 10.2 Å². The van der Waals surface area contributed by atoms with Gasteiger partial charge in [0.1, 0.15) is 5.75 Å². The number of hydrogen-bond donors (Lipinski definition) is 1. The summed E-state index contributed by atoms with van der Waals surface area (Å²) in [4.78, 5) is 34.4. The van der Waals surface area contributed by atoms with Crippen LogP contribution in [0.1, 0.15) is 26.3 Å². The van der Waals surface area contributed by atoms with Crippen molar-refractivity contribution in [3.8, 4) is 5.75 Å². The second-order valence-electron chi connectivity index (χ2n) is 5.83. The summed E-state index contributed by atoms with van der Waals surface area (Å²) in [5.41, 5.74) is 3.24. The highest BCUT2D eigenvalue weighted by atomic mass is 16.6. The molecule has 0 radical (unpaired) electrons. The first-order valence-corrected chi connectivity index (χ1v) is 8.48. The third-order valence-corrected chi connectivity index (χ3v) is 3.78. The summed E-state index contributed by atoms with van der Waals surface area (Å²) in [7, 11) is 0. The van der Waals surface area contributed by atoms with Crippen LogP contribution in [0.25, 0.3) is 0 Å². The Morgan fingerprint density at radius 2 is 1.66 bits per heavy atom. The second kappa shape index (κ2) is 9.05. The predicted molar refractivity (Wildman–Crippen MR) is 106 cm³/mol. The molecule has 0 heterocycles. The van der Waals surface area contributed by atoms with Crippen LogP contribution in [0, 0.1) is 10.1 Å². The van der Waals surface area contributed by atoms with Crippen molar-refractivity contribution >= 4 is 23.8 Å². The molecule has 8 nitrogen and oxygen atoms in total. The van der Waals surface area contributed by atoms with Crippen LogP contribution < -0.4 is 10.2 Å². The number of carbonyl (C=O) groups is 2. The fourth-order valence-corrected chi connectivity index (χ4v) is 2.39.